The van der Waals surface area contributed by atoms with Gasteiger partial charge in [-0.25, -0.2) is 0 Å². The van der Waals surface area contributed by atoms with Crippen molar-refractivity contribution in [2.45, 2.75) is 20.0 Å². The number of rotatable bonds is 2. The number of benzene rings is 2. The van der Waals surface area contributed by atoms with E-state index in [2.05, 4.69) is 0 Å². The minimum absolute atomic E-state index is 0. The Balaban J connectivity index is 0.000000324. The van der Waals surface area contributed by atoms with Gasteiger partial charge >= 0.3 is 0 Å². The number of carbonyl (C=O) groups excluding carboxylic acids is 1. The molecular weight excluding hydrogens is 224 g/mol. The van der Waals surface area contributed by atoms with Gasteiger partial charge in [0, 0.05) is 6.99 Å². The Hall–Kier alpha value is -1.93. The minimum Gasteiger partial charge on any atom is -0.389 e. The molecule has 0 saturated heterocycles. The molecule has 0 bridgehead atoms. The van der Waals surface area contributed by atoms with Gasteiger partial charge in [-0.1, -0.05) is 60.7 Å². The van der Waals surface area contributed by atoms with Gasteiger partial charge in [0.05, 0.1) is 6.10 Å². The molecule has 0 heterocycles. The van der Waals surface area contributed by atoms with Crippen LogP contribution in [-0.2, 0) is 0 Å². The standard InChI is InChI=1S/C8H10O.C8H8O.H2/c2*1-7(9)8-5-3-2-4-6-8;/h2-7,9H,1H3;2-6H,1H3;1H. The Morgan fingerprint density at radius 1 is 1.00 bits per heavy atom. The van der Waals surface area contributed by atoms with Crippen molar-refractivity contribution >= 4 is 5.78 Å². The molecule has 0 fully saturated rings. The highest BCUT2D eigenvalue weighted by atomic mass is 16.3. The molecule has 0 saturated carbocycles. The molecule has 18 heavy (non-hydrogen) atoms. The fraction of sp³-hybridized carbons (Fsp3) is 0.188. The lowest BCUT2D eigenvalue weighted by Crippen LogP contribution is -1.88. The van der Waals surface area contributed by atoms with Gasteiger partial charge in [-0.15, -0.1) is 0 Å². The van der Waals surface area contributed by atoms with E-state index in [1.165, 1.54) is 0 Å². The molecule has 2 rings (SSSR count). The predicted molar refractivity (Wildman–Crippen MR) is 75.6 cm³/mol. The van der Waals surface area contributed by atoms with E-state index in [0.717, 1.165) is 11.1 Å². The molecule has 2 nitrogen and oxygen atoms in total. The zero-order chi connectivity index (χ0) is 13.4. The molecule has 0 radical (unpaired) electrons. The molecule has 2 heteroatoms. The Bertz CT molecular complexity index is 467. The van der Waals surface area contributed by atoms with Crippen LogP contribution in [0.15, 0.2) is 60.7 Å². The lowest BCUT2D eigenvalue weighted by Gasteiger charge is -2.00. The molecule has 1 unspecified atom stereocenters. The van der Waals surface area contributed by atoms with Crippen molar-refractivity contribution < 1.29 is 11.3 Å². The zero-order valence-electron chi connectivity index (χ0n) is 10.7. The van der Waals surface area contributed by atoms with Gasteiger partial charge in [0.25, 0.3) is 0 Å². The van der Waals surface area contributed by atoms with Gasteiger partial charge in [-0.2, -0.15) is 0 Å². The van der Waals surface area contributed by atoms with Crippen LogP contribution in [-0.4, -0.2) is 10.9 Å². The van der Waals surface area contributed by atoms with Crippen molar-refractivity contribution in [1.82, 2.24) is 0 Å². The second-order valence-corrected chi connectivity index (χ2v) is 4.01. The largest absolute Gasteiger partial charge is 0.389 e. The van der Waals surface area contributed by atoms with Gasteiger partial charge in [0.15, 0.2) is 5.78 Å². The summed E-state index contributed by atoms with van der Waals surface area (Å²) in [6, 6.07) is 18.8. The normalized spacial score (nSPS) is 11.1. The first-order valence-corrected chi connectivity index (χ1v) is 5.90. The third kappa shape index (κ3) is 4.93. The first-order chi connectivity index (χ1) is 8.61. The number of aliphatic hydroxyl groups is 1. The molecule has 1 N–H and O–H groups in total. The molecule has 0 aromatic heterocycles. The minimum atomic E-state index is -0.341. The van der Waals surface area contributed by atoms with Gasteiger partial charge < -0.3 is 5.11 Å². The summed E-state index contributed by atoms with van der Waals surface area (Å²) in [5.74, 6) is 0.121. The van der Waals surface area contributed by atoms with Gasteiger partial charge in [0.1, 0.15) is 0 Å². The number of Topliss-reactive ketones (excluding diaryl/α,β-unsaturated/α-hetero) is 1. The Labute approximate surface area is 109 Å². The Kier molecular flexibility index (Phi) is 5.81. The number of ketones is 1. The second kappa shape index (κ2) is 7.41. The van der Waals surface area contributed by atoms with E-state index in [0.29, 0.717) is 0 Å². The number of carbonyl (C=O) groups is 1. The summed E-state index contributed by atoms with van der Waals surface area (Å²) >= 11 is 0. The Morgan fingerprint density at radius 2 is 1.44 bits per heavy atom. The fourth-order valence-corrected chi connectivity index (χ4v) is 1.40. The molecule has 0 aliphatic rings. The molecule has 0 amide bonds. The van der Waals surface area contributed by atoms with Crippen LogP contribution in [0.1, 0.15) is 37.3 Å². The van der Waals surface area contributed by atoms with Crippen molar-refractivity contribution in [3.05, 3.63) is 71.8 Å². The summed E-state index contributed by atoms with van der Waals surface area (Å²) in [6.07, 6.45) is -0.341. The summed E-state index contributed by atoms with van der Waals surface area (Å²) in [4.78, 5) is 10.6. The van der Waals surface area contributed by atoms with E-state index in [9.17, 15) is 4.79 Å². The van der Waals surface area contributed by atoms with E-state index in [1.807, 2.05) is 60.7 Å². The van der Waals surface area contributed by atoms with E-state index >= 15 is 0 Å². The van der Waals surface area contributed by atoms with E-state index in [-0.39, 0.29) is 13.3 Å². The van der Waals surface area contributed by atoms with Crippen LogP contribution >= 0.6 is 0 Å². The lowest BCUT2D eigenvalue weighted by atomic mass is 10.1. The second-order valence-electron chi connectivity index (χ2n) is 4.01. The summed E-state index contributed by atoms with van der Waals surface area (Å²) in [7, 11) is 0. The maximum absolute atomic E-state index is 10.6. The molecule has 1 atom stereocenters. The first-order valence-electron chi connectivity index (χ1n) is 5.90. The smallest absolute Gasteiger partial charge is 0.159 e. The van der Waals surface area contributed by atoms with Gasteiger partial charge in [-0.3, -0.25) is 4.79 Å². The number of hydrogen-bond donors (Lipinski definition) is 1. The quantitative estimate of drug-likeness (QED) is 0.814. The molecule has 0 aliphatic carbocycles. The van der Waals surface area contributed by atoms with Crippen LogP contribution in [0.25, 0.3) is 0 Å². The van der Waals surface area contributed by atoms with E-state index < -0.39 is 0 Å². The van der Waals surface area contributed by atoms with Crippen molar-refractivity contribution in [1.29, 1.82) is 0 Å². The topological polar surface area (TPSA) is 37.3 Å². The molecule has 2 aromatic carbocycles. The van der Waals surface area contributed by atoms with Crippen LogP contribution in [0, 0.1) is 0 Å². The van der Waals surface area contributed by atoms with Crippen molar-refractivity contribution in [2.24, 2.45) is 0 Å². The van der Waals surface area contributed by atoms with Gasteiger partial charge in [-0.05, 0) is 19.4 Å². The molecule has 2 aromatic rings. The van der Waals surface area contributed by atoms with Crippen molar-refractivity contribution in [3.8, 4) is 0 Å². The van der Waals surface area contributed by atoms with Crippen molar-refractivity contribution in [3.63, 3.8) is 0 Å². The highest BCUT2D eigenvalue weighted by Crippen LogP contribution is 2.09. The molecular formula is C16H20O2. The average molecular weight is 244 g/mol. The third-order valence-corrected chi connectivity index (χ3v) is 2.46. The third-order valence-electron chi connectivity index (χ3n) is 2.46. The average Bonchev–Trinajstić information content (AvgIpc) is 2.41. The zero-order valence-corrected chi connectivity index (χ0v) is 10.7. The summed E-state index contributed by atoms with van der Waals surface area (Å²) in [5.41, 5.74) is 1.75. The van der Waals surface area contributed by atoms with Crippen molar-refractivity contribution in [2.75, 3.05) is 0 Å². The van der Waals surface area contributed by atoms with Crippen LogP contribution in [0.2, 0.25) is 0 Å². The summed E-state index contributed by atoms with van der Waals surface area (Å²) in [5, 5.41) is 9.02. The van der Waals surface area contributed by atoms with Crippen LogP contribution in [0.4, 0.5) is 0 Å². The summed E-state index contributed by atoms with van der Waals surface area (Å²) < 4.78 is 0. The SMILES string of the molecule is CC(=O)c1ccccc1.CC(O)c1ccccc1.[HH]. The van der Waals surface area contributed by atoms with Gasteiger partial charge in [0.2, 0.25) is 0 Å². The van der Waals surface area contributed by atoms with Crippen LogP contribution < -0.4 is 0 Å². The lowest BCUT2D eigenvalue weighted by molar-refractivity contribution is 0.101. The maximum atomic E-state index is 10.6. The summed E-state index contributed by atoms with van der Waals surface area (Å²) in [6.45, 7) is 3.32. The van der Waals surface area contributed by atoms with Crippen LogP contribution in [0.3, 0.4) is 0 Å². The van der Waals surface area contributed by atoms with E-state index in [4.69, 9.17) is 5.11 Å². The highest BCUT2D eigenvalue weighted by Gasteiger charge is 1.95. The van der Waals surface area contributed by atoms with E-state index in [1.54, 1.807) is 13.8 Å². The highest BCUT2D eigenvalue weighted by molar-refractivity contribution is 5.93. The number of aliphatic hydroxyl groups excluding tert-OH is 1. The monoisotopic (exact) mass is 244 g/mol. The Morgan fingerprint density at radius 3 is 1.72 bits per heavy atom. The molecule has 0 aliphatic heterocycles. The van der Waals surface area contributed by atoms with Crippen LogP contribution in [0.5, 0.6) is 0 Å². The molecule has 0 spiro atoms. The predicted octanol–water partition coefficient (Wildman–Crippen LogP) is 3.88. The number of hydrogen-bond acceptors (Lipinski definition) is 2. The first kappa shape index (κ1) is 14.1. The fourth-order valence-electron chi connectivity index (χ4n) is 1.40. The molecule has 96 valence electrons. The maximum Gasteiger partial charge on any atom is 0.159 e.